The lowest BCUT2D eigenvalue weighted by Crippen LogP contribution is -2.61. The molecule has 0 aliphatic carbocycles. The summed E-state index contributed by atoms with van der Waals surface area (Å²) in [6.45, 7) is 19.1. The van der Waals surface area contributed by atoms with Crippen LogP contribution in [0.3, 0.4) is 0 Å². The smallest absolute Gasteiger partial charge is 0.319 e. The summed E-state index contributed by atoms with van der Waals surface area (Å²) in [5, 5.41) is 7.05. The topological polar surface area (TPSA) is 71.8 Å². The van der Waals surface area contributed by atoms with Crippen LogP contribution in [0.15, 0.2) is 109 Å². The van der Waals surface area contributed by atoms with Gasteiger partial charge in [0, 0.05) is 65.7 Å². The minimum absolute atomic E-state index is 0.0208. The molecule has 5 aromatic carbocycles. The van der Waals surface area contributed by atoms with Gasteiger partial charge in [-0.15, -0.1) is 0 Å². The van der Waals surface area contributed by atoms with Crippen LogP contribution in [0.1, 0.15) is 62.6 Å². The average Bonchev–Trinajstić information content (AvgIpc) is 3.61. The van der Waals surface area contributed by atoms with E-state index < -0.39 is 11.4 Å². The van der Waals surface area contributed by atoms with Crippen LogP contribution in [0.2, 0.25) is 5.02 Å². The first kappa shape index (κ1) is 42.9. The molecule has 9 nitrogen and oxygen atoms in total. The van der Waals surface area contributed by atoms with Crippen molar-refractivity contribution in [1.29, 1.82) is 0 Å². The molecule has 63 heavy (non-hydrogen) atoms. The maximum Gasteiger partial charge on any atom is 0.319 e. The van der Waals surface area contributed by atoms with Crippen LogP contribution < -0.4 is 9.64 Å². The van der Waals surface area contributed by atoms with Gasteiger partial charge in [0.05, 0.1) is 22.8 Å². The van der Waals surface area contributed by atoms with Crippen molar-refractivity contribution in [2.45, 2.75) is 77.7 Å². The normalized spacial score (nSPS) is 19.3. The Labute approximate surface area is 375 Å². The van der Waals surface area contributed by atoms with E-state index in [-0.39, 0.29) is 52.4 Å². The highest BCUT2D eigenvalue weighted by molar-refractivity contribution is 6.35. The number of fused-ring (bicyclic) bond motifs is 2. The fourth-order valence-electron chi connectivity index (χ4n) is 10.1. The second-order valence-corrected chi connectivity index (χ2v) is 18.9. The molecule has 2 saturated heterocycles. The Morgan fingerprint density at radius 1 is 0.794 bits per heavy atom. The molecule has 326 valence electrons. The van der Waals surface area contributed by atoms with Crippen LogP contribution in [-0.4, -0.2) is 99.7 Å². The van der Waals surface area contributed by atoms with Crippen LogP contribution in [0, 0.1) is 19.7 Å². The minimum atomic E-state index is -0.884. The van der Waals surface area contributed by atoms with Gasteiger partial charge in [0.25, 0.3) is 0 Å². The van der Waals surface area contributed by atoms with Crippen molar-refractivity contribution in [3.8, 4) is 17.1 Å². The van der Waals surface area contributed by atoms with Gasteiger partial charge in [0.2, 0.25) is 0 Å². The molecular weight excluding hydrogens is 809 g/mol. The first-order valence-corrected chi connectivity index (χ1v) is 22.5. The fraction of sp³-hybridized carbons (Fsp3) is 0.365. The molecule has 0 radical (unpaired) electrons. The first-order valence-electron chi connectivity index (χ1n) is 22.1. The summed E-state index contributed by atoms with van der Waals surface area (Å²) in [5.74, 6) is 0.0751. The molecule has 2 aliphatic rings. The van der Waals surface area contributed by atoms with Gasteiger partial charge >= 0.3 is 6.01 Å². The molecule has 2 fully saturated rings. The maximum absolute atomic E-state index is 18.1. The molecule has 2 aromatic heterocycles. The van der Waals surface area contributed by atoms with Gasteiger partial charge in [-0.05, 0) is 89.9 Å². The largest absolute Gasteiger partial charge is 0.461 e. The number of ether oxygens (including phenoxy) is 2. The number of likely N-dealkylation sites (N-methyl/N-ethyl adjacent to an activating group) is 1. The summed E-state index contributed by atoms with van der Waals surface area (Å²) < 4.78 is 32.6. The predicted octanol–water partition coefficient (Wildman–Crippen LogP) is 10.3. The van der Waals surface area contributed by atoms with Gasteiger partial charge in [-0.1, -0.05) is 109 Å². The van der Waals surface area contributed by atoms with E-state index in [1.54, 1.807) is 0 Å². The number of aryl methyl sites for hydroxylation is 2. The second kappa shape index (κ2) is 17.0. The van der Waals surface area contributed by atoms with Gasteiger partial charge in [-0.2, -0.15) is 15.1 Å². The number of anilines is 1. The molecule has 11 heteroatoms. The molecule has 0 spiro atoms. The minimum Gasteiger partial charge on any atom is -0.461 e. The van der Waals surface area contributed by atoms with Gasteiger partial charge in [-0.3, -0.25) is 4.90 Å². The number of piperazine rings is 1. The van der Waals surface area contributed by atoms with Crippen molar-refractivity contribution in [3.05, 3.63) is 148 Å². The monoisotopic (exact) mass is 865 g/mol. The predicted molar refractivity (Wildman–Crippen MR) is 253 cm³/mol. The molecule has 3 atom stereocenters. The van der Waals surface area contributed by atoms with Crippen LogP contribution in [0.4, 0.5) is 10.2 Å². The Hall–Kier alpha value is -5.39. The Morgan fingerprint density at radius 3 is 2.00 bits per heavy atom. The molecule has 7 aromatic rings. The number of halogens is 2. The third kappa shape index (κ3) is 7.64. The van der Waals surface area contributed by atoms with E-state index in [9.17, 15) is 0 Å². The number of nitrogens with zero attached hydrogens (tertiary/aromatic N) is 7. The maximum atomic E-state index is 18.1. The molecule has 2 aliphatic heterocycles. The highest BCUT2D eigenvalue weighted by Gasteiger charge is 2.42. The lowest BCUT2D eigenvalue weighted by atomic mass is 9.77. The fourth-order valence-corrected chi connectivity index (χ4v) is 10.4. The quantitative estimate of drug-likeness (QED) is 0.133. The van der Waals surface area contributed by atoms with Gasteiger partial charge in [0.1, 0.15) is 29.6 Å². The van der Waals surface area contributed by atoms with Crippen LogP contribution in [0.25, 0.3) is 32.9 Å². The zero-order valence-corrected chi connectivity index (χ0v) is 38.3. The summed E-state index contributed by atoms with van der Waals surface area (Å²) >= 11 is 7.43. The van der Waals surface area contributed by atoms with Crippen molar-refractivity contribution >= 4 is 39.2 Å². The summed E-state index contributed by atoms with van der Waals surface area (Å²) in [4.78, 5) is 16.9. The Bertz CT molecular complexity index is 2660. The van der Waals surface area contributed by atoms with Gasteiger partial charge in [0.15, 0.2) is 5.82 Å². The first-order chi connectivity index (χ1) is 30.3. The molecule has 1 unspecified atom stereocenters. The number of hydrogen-bond acceptors (Lipinski definition) is 8. The molecular formula is C52H57ClFN7O2. The summed E-state index contributed by atoms with van der Waals surface area (Å²) in [6.07, 6.45) is -0.166. The standard InChI is InChI=1S/C52H57ClFN7O2/c1-33-24-25-43-45(36(4)57-61(43)52(37-18-12-9-13-19-37,38-20-14-10-15-21-38)39-22-16-11-17-23-39)44(33)46-42(53)28-41-48(47(46)54)55-50(63-32-40-31-58(8)26-27-62-40)56-49(41)59-29-35(3)60(30-34(59)2)51(5,6)7/h9-25,28,34-35,40H,26-27,29-32H2,1-8H3/t34-,35+,40?/m0/s1. The van der Waals surface area contributed by atoms with Crippen molar-refractivity contribution in [3.63, 3.8) is 0 Å². The number of rotatable bonds is 9. The highest BCUT2D eigenvalue weighted by Crippen LogP contribution is 2.47. The van der Waals surface area contributed by atoms with Gasteiger partial charge < -0.3 is 19.3 Å². The zero-order chi connectivity index (χ0) is 44.2. The molecule has 9 rings (SSSR count). The Kier molecular flexibility index (Phi) is 11.5. The lowest BCUT2D eigenvalue weighted by Gasteiger charge is -2.50. The lowest BCUT2D eigenvalue weighted by molar-refractivity contribution is -0.0416. The van der Waals surface area contributed by atoms with Crippen molar-refractivity contribution in [1.82, 2.24) is 29.5 Å². The third-order valence-corrected chi connectivity index (χ3v) is 13.4. The molecule has 4 heterocycles. The Morgan fingerprint density at radius 2 is 1.41 bits per heavy atom. The number of morpholine rings is 1. The molecule has 0 N–H and O–H groups in total. The van der Waals surface area contributed by atoms with Crippen LogP contribution >= 0.6 is 11.6 Å². The van der Waals surface area contributed by atoms with E-state index in [0.29, 0.717) is 36.5 Å². The molecule has 0 amide bonds. The van der Waals surface area contributed by atoms with E-state index in [1.165, 1.54) is 0 Å². The summed E-state index contributed by atoms with van der Waals surface area (Å²) in [7, 11) is 2.07. The second-order valence-electron chi connectivity index (χ2n) is 18.5. The average molecular weight is 867 g/mol. The molecule has 0 saturated carbocycles. The zero-order valence-electron chi connectivity index (χ0n) is 37.6. The van der Waals surface area contributed by atoms with Crippen molar-refractivity contribution in [2.75, 3.05) is 51.3 Å². The third-order valence-electron chi connectivity index (χ3n) is 13.1. The van der Waals surface area contributed by atoms with Gasteiger partial charge in [-0.25, -0.2) is 9.07 Å². The van der Waals surface area contributed by atoms with E-state index in [2.05, 4.69) is 140 Å². The number of hydrogen-bond donors (Lipinski definition) is 0. The van der Waals surface area contributed by atoms with Crippen LogP contribution in [0.5, 0.6) is 6.01 Å². The highest BCUT2D eigenvalue weighted by atomic mass is 35.5. The van der Waals surface area contributed by atoms with E-state index >= 15 is 4.39 Å². The summed E-state index contributed by atoms with van der Waals surface area (Å²) in [5.41, 5.74) is 5.76. The van der Waals surface area contributed by atoms with E-state index in [4.69, 9.17) is 36.1 Å². The number of aromatic nitrogens is 4. The SMILES string of the molecule is Cc1ccc2c(c(C)nn2C(c2ccccc2)(c2ccccc2)c2ccccc2)c1-c1c(Cl)cc2c(N3C[C@@H](C)N(C(C)(C)C)C[C@@H]3C)nc(OCC3CN(C)CCO3)nc2c1F. The van der Waals surface area contributed by atoms with Crippen molar-refractivity contribution in [2.24, 2.45) is 0 Å². The molecule has 0 bridgehead atoms. The Balaban J connectivity index is 1.26. The van der Waals surface area contributed by atoms with E-state index in [0.717, 1.165) is 51.9 Å². The van der Waals surface area contributed by atoms with Crippen LogP contribution in [-0.2, 0) is 10.3 Å². The van der Waals surface area contributed by atoms with Crippen molar-refractivity contribution < 1.29 is 13.9 Å². The summed E-state index contributed by atoms with van der Waals surface area (Å²) in [6, 6.07) is 37.7. The number of benzene rings is 5. The van der Waals surface area contributed by atoms with E-state index in [1.807, 2.05) is 44.2 Å².